The zero-order chi connectivity index (χ0) is 12.1. The van der Waals surface area contributed by atoms with Crippen molar-refractivity contribution < 1.29 is 18.3 Å². The van der Waals surface area contributed by atoms with Gasteiger partial charge in [0.15, 0.2) is 5.82 Å². The van der Waals surface area contributed by atoms with Crippen LogP contribution in [0.25, 0.3) is 0 Å². The molecule has 3 nitrogen and oxygen atoms in total. The molecule has 0 bridgehead atoms. The Hall–Kier alpha value is -2.09. The first-order chi connectivity index (χ1) is 7.56. The highest BCUT2D eigenvalue weighted by Gasteiger charge is 2.09. The predicted octanol–water partition coefficient (Wildman–Crippen LogP) is 1.46. The fourth-order valence-corrected chi connectivity index (χ4v) is 0.964. The Balaban J connectivity index is 3.05. The van der Waals surface area contributed by atoms with Crippen molar-refractivity contribution in [1.82, 2.24) is 0 Å². The molecule has 0 aliphatic heterocycles. The van der Waals surface area contributed by atoms with Gasteiger partial charge in [-0.3, -0.25) is 0 Å². The summed E-state index contributed by atoms with van der Waals surface area (Å²) in [4.78, 5) is 10.9. The molecule has 0 aromatic heterocycles. The summed E-state index contributed by atoms with van der Waals surface area (Å²) in [6.07, 6.45) is 0. The first-order valence-electron chi connectivity index (χ1n) is 4.48. The summed E-state index contributed by atoms with van der Waals surface area (Å²) in [7, 11) is 0. The van der Waals surface area contributed by atoms with E-state index in [0.29, 0.717) is 0 Å². The van der Waals surface area contributed by atoms with Gasteiger partial charge in [-0.25, -0.2) is 13.6 Å². The van der Waals surface area contributed by atoms with E-state index in [0.717, 1.165) is 12.1 Å². The molecule has 0 atom stereocenters. The number of nitrogens with two attached hydrogens (primary N) is 1. The van der Waals surface area contributed by atoms with Crippen LogP contribution in [0.4, 0.5) is 14.5 Å². The van der Waals surface area contributed by atoms with E-state index in [1.54, 1.807) is 6.92 Å². The number of hydrogen-bond acceptors (Lipinski definition) is 3. The van der Waals surface area contributed by atoms with Crippen molar-refractivity contribution in [2.75, 3.05) is 12.3 Å². The summed E-state index contributed by atoms with van der Waals surface area (Å²) in [5, 5.41) is 0. The lowest BCUT2D eigenvalue weighted by Crippen LogP contribution is -2.01. The number of halogens is 2. The van der Waals surface area contributed by atoms with Crippen LogP contribution < -0.4 is 5.73 Å². The molecule has 0 saturated heterocycles. The minimum Gasteiger partial charge on any atom is -0.456 e. The van der Waals surface area contributed by atoms with Gasteiger partial charge in [-0.05, 0) is 25.0 Å². The SMILES string of the molecule is CCOC(=O)C#Cc1c(F)ccc(N)c1F. The second kappa shape index (κ2) is 5.12. The van der Waals surface area contributed by atoms with Gasteiger partial charge in [-0.1, -0.05) is 0 Å². The highest BCUT2D eigenvalue weighted by atomic mass is 19.1. The third kappa shape index (κ3) is 2.70. The maximum atomic E-state index is 13.3. The average Bonchev–Trinajstić information content (AvgIpc) is 2.24. The molecule has 1 rings (SSSR count). The van der Waals surface area contributed by atoms with Crippen LogP contribution in [0, 0.1) is 23.5 Å². The fraction of sp³-hybridized carbons (Fsp3) is 0.182. The Morgan fingerprint density at radius 2 is 2.19 bits per heavy atom. The van der Waals surface area contributed by atoms with Crippen LogP contribution in [0.1, 0.15) is 12.5 Å². The molecule has 0 heterocycles. The smallest absolute Gasteiger partial charge is 0.384 e. The molecule has 0 amide bonds. The van der Waals surface area contributed by atoms with E-state index in [-0.39, 0.29) is 12.3 Å². The van der Waals surface area contributed by atoms with Crippen LogP contribution in [0.5, 0.6) is 0 Å². The molecule has 5 heteroatoms. The molecule has 0 radical (unpaired) electrons. The summed E-state index contributed by atoms with van der Waals surface area (Å²) < 4.78 is 30.9. The number of anilines is 1. The Morgan fingerprint density at radius 3 is 2.81 bits per heavy atom. The Bertz CT molecular complexity index is 475. The van der Waals surface area contributed by atoms with Gasteiger partial charge in [0.2, 0.25) is 0 Å². The van der Waals surface area contributed by atoms with Crippen molar-refractivity contribution in [3.8, 4) is 11.8 Å². The van der Waals surface area contributed by atoms with Crippen molar-refractivity contribution in [2.24, 2.45) is 0 Å². The zero-order valence-corrected chi connectivity index (χ0v) is 8.51. The summed E-state index contributed by atoms with van der Waals surface area (Å²) in [5.41, 5.74) is 4.47. The third-order valence-corrected chi connectivity index (χ3v) is 1.69. The molecule has 1 aromatic carbocycles. The maximum Gasteiger partial charge on any atom is 0.384 e. The summed E-state index contributed by atoms with van der Waals surface area (Å²) in [6.45, 7) is 1.75. The number of benzene rings is 1. The van der Waals surface area contributed by atoms with Crippen LogP contribution in [0.3, 0.4) is 0 Å². The summed E-state index contributed by atoms with van der Waals surface area (Å²) in [5.74, 6) is 1.32. The van der Waals surface area contributed by atoms with Crippen molar-refractivity contribution >= 4 is 11.7 Å². The molecule has 84 valence electrons. The first kappa shape index (κ1) is 12.0. The highest BCUT2D eigenvalue weighted by Crippen LogP contribution is 2.17. The van der Waals surface area contributed by atoms with Crippen LogP contribution in [-0.4, -0.2) is 12.6 Å². The van der Waals surface area contributed by atoms with E-state index in [2.05, 4.69) is 10.7 Å². The monoisotopic (exact) mass is 225 g/mol. The van der Waals surface area contributed by atoms with Crippen molar-refractivity contribution in [1.29, 1.82) is 0 Å². The molecule has 0 aliphatic carbocycles. The normalized spacial score (nSPS) is 9.19. The number of ether oxygens (including phenoxy) is 1. The van der Waals surface area contributed by atoms with E-state index in [4.69, 9.17) is 5.73 Å². The van der Waals surface area contributed by atoms with Gasteiger partial charge < -0.3 is 10.5 Å². The maximum absolute atomic E-state index is 13.3. The number of hydrogen-bond donors (Lipinski definition) is 1. The molecular formula is C11H9F2NO2. The van der Waals surface area contributed by atoms with Gasteiger partial charge in [0, 0.05) is 5.92 Å². The van der Waals surface area contributed by atoms with E-state index >= 15 is 0 Å². The van der Waals surface area contributed by atoms with Crippen LogP contribution in [0.15, 0.2) is 12.1 Å². The minimum atomic E-state index is -0.975. The van der Waals surface area contributed by atoms with Gasteiger partial charge in [0.25, 0.3) is 0 Å². The lowest BCUT2D eigenvalue weighted by atomic mass is 10.2. The zero-order valence-electron chi connectivity index (χ0n) is 8.51. The Morgan fingerprint density at radius 1 is 1.50 bits per heavy atom. The highest BCUT2D eigenvalue weighted by molar-refractivity contribution is 5.89. The van der Waals surface area contributed by atoms with E-state index in [1.165, 1.54) is 0 Å². The molecule has 0 spiro atoms. The van der Waals surface area contributed by atoms with E-state index in [9.17, 15) is 13.6 Å². The third-order valence-electron chi connectivity index (χ3n) is 1.69. The van der Waals surface area contributed by atoms with Crippen molar-refractivity contribution in [3.63, 3.8) is 0 Å². The van der Waals surface area contributed by atoms with Gasteiger partial charge in [-0.15, -0.1) is 0 Å². The fourth-order valence-electron chi connectivity index (χ4n) is 0.964. The second-order valence-corrected chi connectivity index (χ2v) is 2.80. The van der Waals surface area contributed by atoms with Gasteiger partial charge >= 0.3 is 5.97 Å². The van der Waals surface area contributed by atoms with Crippen LogP contribution in [0.2, 0.25) is 0 Å². The quantitative estimate of drug-likeness (QED) is 0.447. The van der Waals surface area contributed by atoms with Gasteiger partial charge in [0.1, 0.15) is 5.82 Å². The summed E-state index contributed by atoms with van der Waals surface area (Å²) in [6, 6.07) is 2.06. The van der Waals surface area contributed by atoms with E-state index in [1.807, 2.05) is 5.92 Å². The molecule has 0 unspecified atom stereocenters. The van der Waals surface area contributed by atoms with Crippen LogP contribution in [-0.2, 0) is 9.53 Å². The molecular weight excluding hydrogens is 216 g/mol. The number of nitrogen functional groups attached to an aromatic ring is 1. The molecule has 1 aromatic rings. The number of carbonyl (C=O) groups is 1. The number of esters is 1. The molecule has 0 aliphatic rings. The number of carbonyl (C=O) groups excluding carboxylic acids is 1. The summed E-state index contributed by atoms with van der Waals surface area (Å²) >= 11 is 0. The largest absolute Gasteiger partial charge is 0.456 e. The first-order valence-corrected chi connectivity index (χ1v) is 4.48. The Kier molecular flexibility index (Phi) is 3.84. The Labute approximate surface area is 91.2 Å². The predicted molar refractivity (Wildman–Crippen MR) is 54.3 cm³/mol. The molecule has 0 fully saturated rings. The number of rotatable bonds is 1. The molecule has 2 N–H and O–H groups in total. The van der Waals surface area contributed by atoms with Crippen molar-refractivity contribution in [3.05, 3.63) is 29.3 Å². The minimum absolute atomic E-state index is 0.148. The lowest BCUT2D eigenvalue weighted by Gasteiger charge is -1.99. The second-order valence-electron chi connectivity index (χ2n) is 2.80. The van der Waals surface area contributed by atoms with Gasteiger partial charge in [-0.2, -0.15) is 0 Å². The van der Waals surface area contributed by atoms with Gasteiger partial charge in [0.05, 0.1) is 17.9 Å². The standard InChI is InChI=1S/C11H9F2NO2/c1-2-16-10(15)6-3-7-8(12)4-5-9(14)11(7)13/h4-5H,2,14H2,1H3. The average molecular weight is 225 g/mol. The lowest BCUT2D eigenvalue weighted by molar-refractivity contribution is -0.136. The van der Waals surface area contributed by atoms with Crippen molar-refractivity contribution in [2.45, 2.75) is 6.92 Å². The van der Waals surface area contributed by atoms with Crippen LogP contribution >= 0.6 is 0 Å². The molecule has 16 heavy (non-hydrogen) atoms. The molecule has 0 saturated carbocycles. The van der Waals surface area contributed by atoms with E-state index < -0.39 is 23.2 Å². The topological polar surface area (TPSA) is 52.3 Å².